The van der Waals surface area contributed by atoms with Crippen LogP contribution in [0.4, 0.5) is 10.5 Å². The minimum Gasteiger partial charge on any atom is -0.459 e. The molecule has 0 saturated heterocycles. The summed E-state index contributed by atoms with van der Waals surface area (Å²) >= 11 is 0. The number of benzene rings is 2. The minimum absolute atomic E-state index is 0.189. The first-order valence-electron chi connectivity index (χ1n) is 12.5. The second kappa shape index (κ2) is 10.2. The van der Waals surface area contributed by atoms with Gasteiger partial charge in [-0.05, 0) is 78.1 Å². The molecule has 1 heterocycles. The lowest BCUT2D eigenvalue weighted by molar-refractivity contribution is -0.382. The molecule has 38 heavy (non-hydrogen) atoms. The van der Waals surface area contributed by atoms with Crippen LogP contribution >= 0.6 is 0 Å². The van der Waals surface area contributed by atoms with E-state index in [2.05, 4.69) is 5.10 Å². The van der Waals surface area contributed by atoms with Gasteiger partial charge in [-0.2, -0.15) is 9.78 Å². The molecular formula is C28H36N4O6. The number of carbonyl (C=O) groups is 2. The molecule has 3 rings (SSSR count). The molecule has 0 radical (unpaired) electrons. The van der Waals surface area contributed by atoms with E-state index in [-0.39, 0.29) is 16.6 Å². The summed E-state index contributed by atoms with van der Waals surface area (Å²) in [5, 5.41) is 16.4. The summed E-state index contributed by atoms with van der Waals surface area (Å²) in [6.45, 7) is 14.2. The molecule has 0 saturated carbocycles. The van der Waals surface area contributed by atoms with Gasteiger partial charge in [0, 0.05) is 6.04 Å². The predicted molar refractivity (Wildman–Crippen MR) is 145 cm³/mol. The number of nitro groups is 1. The van der Waals surface area contributed by atoms with Crippen molar-refractivity contribution in [2.45, 2.75) is 84.5 Å². The molecule has 204 valence electrons. The SMILES string of the molecule is CCC(C(=O)OC(C)(C)C)(c1ccc(-c2ccc3c(cnn3C(=O)OC(C)(C)C)c2[N+](=O)[O-])cc1)C(C)N. The third-order valence-corrected chi connectivity index (χ3v) is 6.28. The summed E-state index contributed by atoms with van der Waals surface area (Å²) in [7, 11) is 0. The van der Waals surface area contributed by atoms with Crippen molar-refractivity contribution in [3.8, 4) is 11.1 Å². The smallest absolute Gasteiger partial charge is 0.435 e. The van der Waals surface area contributed by atoms with E-state index in [9.17, 15) is 19.7 Å². The van der Waals surface area contributed by atoms with E-state index in [0.717, 1.165) is 4.68 Å². The second-order valence-corrected chi connectivity index (χ2v) is 11.4. The lowest BCUT2D eigenvalue weighted by atomic mass is 9.72. The zero-order chi connectivity index (χ0) is 28.6. The van der Waals surface area contributed by atoms with Crippen molar-refractivity contribution in [2.24, 2.45) is 5.73 Å². The molecule has 10 heteroatoms. The average Bonchev–Trinajstić information content (AvgIpc) is 3.21. The van der Waals surface area contributed by atoms with Crippen LogP contribution in [0.15, 0.2) is 42.6 Å². The summed E-state index contributed by atoms with van der Waals surface area (Å²) in [6.07, 6.45) is 0.970. The van der Waals surface area contributed by atoms with Crippen LogP contribution in [-0.2, 0) is 19.7 Å². The van der Waals surface area contributed by atoms with Gasteiger partial charge in [0.05, 0.1) is 27.6 Å². The number of nitrogens with two attached hydrogens (primary N) is 1. The fourth-order valence-corrected chi connectivity index (χ4v) is 4.52. The number of rotatable bonds is 6. The number of nitro benzene ring substituents is 1. The average molecular weight is 525 g/mol. The van der Waals surface area contributed by atoms with Crippen LogP contribution in [0.5, 0.6) is 0 Å². The fourth-order valence-electron chi connectivity index (χ4n) is 4.52. The molecule has 0 aliphatic heterocycles. The third-order valence-electron chi connectivity index (χ3n) is 6.28. The molecule has 2 N–H and O–H groups in total. The molecule has 1 aromatic heterocycles. The molecule has 10 nitrogen and oxygen atoms in total. The van der Waals surface area contributed by atoms with Crippen molar-refractivity contribution in [2.75, 3.05) is 0 Å². The van der Waals surface area contributed by atoms with Gasteiger partial charge in [0.1, 0.15) is 16.6 Å². The first-order valence-corrected chi connectivity index (χ1v) is 12.5. The summed E-state index contributed by atoms with van der Waals surface area (Å²) in [5.74, 6) is -0.419. The Balaban J connectivity index is 2.10. The van der Waals surface area contributed by atoms with E-state index in [1.54, 1.807) is 84.9 Å². The normalized spacial score (nSPS) is 14.6. The van der Waals surface area contributed by atoms with Crippen molar-refractivity contribution in [1.82, 2.24) is 9.78 Å². The van der Waals surface area contributed by atoms with Gasteiger partial charge in [0.2, 0.25) is 0 Å². The Labute approximate surface area is 222 Å². The van der Waals surface area contributed by atoms with Crippen molar-refractivity contribution < 1.29 is 24.0 Å². The lowest BCUT2D eigenvalue weighted by Gasteiger charge is -2.37. The standard InChI is InChI=1S/C28H36N4O6/c1-9-28(17(2)29,24(33)37-26(3,4)5)19-12-10-18(11-13-19)20-14-15-22-21(23(20)32(35)36)16-30-31(22)25(34)38-27(6,7)8/h10-17H,9,29H2,1-8H3. The van der Waals surface area contributed by atoms with Crippen LogP contribution < -0.4 is 5.73 Å². The number of carbonyl (C=O) groups excluding carboxylic acids is 2. The van der Waals surface area contributed by atoms with Crippen LogP contribution in [0.1, 0.15) is 67.4 Å². The van der Waals surface area contributed by atoms with Gasteiger partial charge in [-0.15, -0.1) is 0 Å². The van der Waals surface area contributed by atoms with E-state index in [1.807, 2.05) is 6.92 Å². The Kier molecular flexibility index (Phi) is 7.70. The number of fused-ring (bicyclic) bond motifs is 1. The van der Waals surface area contributed by atoms with Gasteiger partial charge in [0.25, 0.3) is 5.69 Å². The number of aromatic nitrogens is 2. The van der Waals surface area contributed by atoms with E-state index >= 15 is 0 Å². The van der Waals surface area contributed by atoms with Crippen LogP contribution in [-0.4, -0.2) is 44.0 Å². The monoisotopic (exact) mass is 524 g/mol. The highest BCUT2D eigenvalue weighted by Gasteiger charge is 2.45. The number of hydrogen-bond donors (Lipinski definition) is 1. The Morgan fingerprint density at radius 3 is 2.08 bits per heavy atom. The van der Waals surface area contributed by atoms with Gasteiger partial charge >= 0.3 is 12.1 Å². The fraction of sp³-hybridized carbons (Fsp3) is 0.464. The Hall–Kier alpha value is -3.79. The minimum atomic E-state index is -1.09. The van der Waals surface area contributed by atoms with E-state index in [4.69, 9.17) is 15.2 Å². The molecule has 0 spiro atoms. The van der Waals surface area contributed by atoms with Crippen LogP contribution in [0.3, 0.4) is 0 Å². The van der Waals surface area contributed by atoms with Crippen molar-refractivity contribution >= 4 is 28.7 Å². The number of esters is 1. The molecule has 2 unspecified atom stereocenters. The Morgan fingerprint density at radius 2 is 1.61 bits per heavy atom. The van der Waals surface area contributed by atoms with E-state index < -0.39 is 39.6 Å². The van der Waals surface area contributed by atoms with Crippen molar-refractivity contribution in [3.63, 3.8) is 0 Å². The molecule has 0 fully saturated rings. The molecule has 0 amide bonds. The molecule has 2 atom stereocenters. The number of nitrogens with zero attached hydrogens (tertiary/aromatic N) is 3. The first-order chi connectivity index (χ1) is 17.5. The number of ether oxygens (including phenoxy) is 2. The molecule has 3 aromatic rings. The zero-order valence-corrected chi connectivity index (χ0v) is 23.2. The van der Waals surface area contributed by atoms with Gasteiger partial charge in [-0.1, -0.05) is 31.2 Å². The summed E-state index contributed by atoms with van der Waals surface area (Å²) < 4.78 is 12.1. The van der Waals surface area contributed by atoms with Crippen LogP contribution in [0.25, 0.3) is 22.0 Å². The van der Waals surface area contributed by atoms with Crippen molar-refractivity contribution in [3.05, 3.63) is 58.3 Å². The van der Waals surface area contributed by atoms with Gasteiger partial charge < -0.3 is 15.2 Å². The maximum atomic E-state index is 13.3. The largest absolute Gasteiger partial charge is 0.459 e. The molecule has 2 aromatic carbocycles. The second-order valence-electron chi connectivity index (χ2n) is 11.4. The Bertz CT molecular complexity index is 1360. The summed E-state index contributed by atoms with van der Waals surface area (Å²) in [5.41, 5.74) is 5.45. The quantitative estimate of drug-likeness (QED) is 0.245. The highest BCUT2D eigenvalue weighted by Crippen LogP contribution is 2.39. The van der Waals surface area contributed by atoms with Gasteiger partial charge in [0.15, 0.2) is 0 Å². The predicted octanol–water partition coefficient (Wildman–Crippen LogP) is 5.73. The van der Waals surface area contributed by atoms with Gasteiger partial charge in [-0.25, -0.2) is 4.79 Å². The maximum absolute atomic E-state index is 13.3. The maximum Gasteiger partial charge on any atom is 0.435 e. The topological polar surface area (TPSA) is 140 Å². The highest BCUT2D eigenvalue weighted by molar-refractivity contribution is 5.99. The highest BCUT2D eigenvalue weighted by atomic mass is 16.6. The lowest BCUT2D eigenvalue weighted by Crippen LogP contribution is -2.51. The molecule has 0 aliphatic carbocycles. The van der Waals surface area contributed by atoms with Crippen LogP contribution in [0.2, 0.25) is 0 Å². The van der Waals surface area contributed by atoms with Crippen LogP contribution in [0, 0.1) is 10.1 Å². The number of hydrogen-bond acceptors (Lipinski definition) is 8. The summed E-state index contributed by atoms with van der Waals surface area (Å²) in [4.78, 5) is 37.6. The summed E-state index contributed by atoms with van der Waals surface area (Å²) in [6, 6.07) is 9.58. The van der Waals surface area contributed by atoms with Gasteiger partial charge in [-0.3, -0.25) is 14.9 Å². The Morgan fingerprint density at radius 1 is 1.03 bits per heavy atom. The molecule has 0 aliphatic rings. The third kappa shape index (κ3) is 5.55. The van der Waals surface area contributed by atoms with E-state index in [0.29, 0.717) is 23.1 Å². The molecular weight excluding hydrogens is 488 g/mol. The zero-order valence-electron chi connectivity index (χ0n) is 23.2. The van der Waals surface area contributed by atoms with Crippen molar-refractivity contribution in [1.29, 1.82) is 0 Å². The first kappa shape index (κ1) is 28.8. The molecule has 0 bridgehead atoms. The van der Waals surface area contributed by atoms with E-state index in [1.165, 1.54) is 6.20 Å².